The van der Waals surface area contributed by atoms with E-state index in [1.165, 1.54) is 21.9 Å². The van der Waals surface area contributed by atoms with Gasteiger partial charge in [-0.3, -0.25) is 4.98 Å². The summed E-state index contributed by atoms with van der Waals surface area (Å²) in [5.41, 5.74) is 9.46. The van der Waals surface area contributed by atoms with E-state index in [9.17, 15) is 0 Å². The Bertz CT molecular complexity index is 2220. The van der Waals surface area contributed by atoms with Crippen molar-refractivity contribution in [1.82, 2.24) is 19.9 Å². The molecule has 3 heterocycles. The van der Waals surface area contributed by atoms with E-state index in [2.05, 4.69) is 125 Å². The number of aromatic nitrogens is 4. The Balaban J connectivity index is 1.16. The average molecular weight is 537 g/mol. The maximum Gasteiger partial charge on any atom is 0.159 e. The van der Waals surface area contributed by atoms with Crippen molar-refractivity contribution in [3.63, 3.8) is 0 Å². The van der Waals surface area contributed by atoms with Crippen molar-refractivity contribution in [3.05, 3.63) is 146 Å². The van der Waals surface area contributed by atoms with Crippen molar-refractivity contribution in [3.8, 4) is 44.9 Å². The fourth-order valence-electron chi connectivity index (χ4n) is 5.67. The Morgan fingerprint density at radius 3 is 1.81 bits per heavy atom. The fraction of sp³-hybridized carbons (Fsp3) is 0. The van der Waals surface area contributed by atoms with Crippen LogP contribution in [0.5, 0.6) is 0 Å². The van der Waals surface area contributed by atoms with E-state index >= 15 is 0 Å². The molecule has 0 saturated heterocycles. The first kappa shape index (κ1) is 24.1. The van der Waals surface area contributed by atoms with Crippen LogP contribution in [0.2, 0.25) is 0 Å². The second-order valence-corrected chi connectivity index (χ2v) is 10.4. The zero-order chi connectivity index (χ0) is 27.9. The van der Waals surface area contributed by atoms with Gasteiger partial charge in [0.15, 0.2) is 5.82 Å². The standard InChI is InChI=1S/C38H24N4/c1-2-6-30-23-31(17-12-25(30)5-1)34-24-32-18-19-35(42-36(32)37-33(34)7-3-20-39-37)28-13-8-26(9-14-28)27-10-15-29(16-11-27)38-40-21-4-22-41-38/h1-24H. The third kappa shape index (κ3) is 4.27. The molecule has 0 atom stereocenters. The Labute approximate surface area is 243 Å². The molecule has 0 saturated carbocycles. The van der Waals surface area contributed by atoms with Crippen LogP contribution in [0.1, 0.15) is 0 Å². The SMILES string of the molecule is c1cnc(-c2ccc(-c3ccc(-c4ccc5cc(-c6ccc7ccccc7c6)c6cccnc6c5n4)cc3)cc2)nc1. The first-order valence-corrected chi connectivity index (χ1v) is 14.0. The molecule has 8 aromatic rings. The lowest BCUT2D eigenvalue weighted by atomic mass is 9.95. The lowest BCUT2D eigenvalue weighted by molar-refractivity contribution is 1.18. The molecule has 0 radical (unpaired) electrons. The predicted octanol–water partition coefficient (Wildman–Crippen LogP) is 9.39. The van der Waals surface area contributed by atoms with Crippen molar-refractivity contribution in [2.24, 2.45) is 0 Å². The number of fused-ring (bicyclic) bond motifs is 4. The highest BCUT2D eigenvalue weighted by atomic mass is 14.8. The lowest BCUT2D eigenvalue weighted by Gasteiger charge is -2.12. The van der Waals surface area contributed by atoms with Crippen LogP contribution in [0.3, 0.4) is 0 Å². The summed E-state index contributed by atoms with van der Waals surface area (Å²) in [6.07, 6.45) is 5.38. The Hall–Kier alpha value is -5.74. The van der Waals surface area contributed by atoms with Gasteiger partial charge in [-0.2, -0.15) is 0 Å². The highest BCUT2D eigenvalue weighted by Gasteiger charge is 2.13. The zero-order valence-electron chi connectivity index (χ0n) is 22.6. The van der Waals surface area contributed by atoms with Crippen LogP contribution in [-0.2, 0) is 0 Å². The number of rotatable bonds is 4. The second kappa shape index (κ2) is 10.0. The summed E-state index contributed by atoms with van der Waals surface area (Å²) in [5.74, 6) is 0.730. The average Bonchev–Trinajstić information content (AvgIpc) is 3.08. The summed E-state index contributed by atoms with van der Waals surface area (Å²) in [6.45, 7) is 0. The normalized spacial score (nSPS) is 11.3. The highest BCUT2D eigenvalue weighted by molar-refractivity contribution is 6.11. The summed E-state index contributed by atoms with van der Waals surface area (Å²) in [5, 5.41) is 4.64. The molecule has 0 aliphatic rings. The summed E-state index contributed by atoms with van der Waals surface area (Å²) in [6, 6.07) is 44.5. The van der Waals surface area contributed by atoms with Gasteiger partial charge < -0.3 is 0 Å². The minimum absolute atomic E-state index is 0.730. The molecule has 196 valence electrons. The van der Waals surface area contributed by atoms with Crippen molar-refractivity contribution < 1.29 is 0 Å². The van der Waals surface area contributed by atoms with E-state index in [1.54, 1.807) is 12.4 Å². The molecule has 4 heteroatoms. The van der Waals surface area contributed by atoms with Gasteiger partial charge in [-0.05, 0) is 63.4 Å². The van der Waals surface area contributed by atoms with Gasteiger partial charge in [0.25, 0.3) is 0 Å². The summed E-state index contributed by atoms with van der Waals surface area (Å²) < 4.78 is 0. The molecule has 3 aromatic heterocycles. The van der Waals surface area contributed by atoms with Crippen LogP contribution in [0.15, 0.2) is 146 Å². The quantitative estimate of drug-likeness (QED) is 0.210. The van der Waals surface area contributed by atoms with Crippen LogP contribution in [0.4, 0.5) is 0 Å². The topological polar surface area (TPSA) is 51.6 Å². The molecule has 0 fully saturated rings. The maximum atomic E-state index is 5.13. The number of pyridine rings is 2. The minimum Gasteiger partial charge on any atom is -0.254 e. The van der Waals surface area contributed by atoms with E-state index in [0.717, 1.165) is 55.6 Å². The number of benzene rings is 5. The van der Waals surface area contributed by atoms with E-state index in [0.29, 0.717) is 0 Å². The molecule has 42 heavy (non-hydrogen) atoms. The number of hydrogen-bond acceptors (Lipinski definition) is 4. The van der Waals surface area contributed by atoms with Crippen molar-refractivity contribution in [1.29, 1.82) is 0 Å². The highest BCUT2D eigenvalue weighted by Crippen LogP contribution is 2.36. The maximum absolute atomic E-state index is 5.13. The monoisotopic (exact) mass is 536 g/mol. The second-order valence-electron chi connectivity index (χ2n) is 10.4. The third-order valence-electron chi connectivity index (χ3n) is 7.83. The van der Waals surface area contributed by atoms with Crippen LogP contribution in [0, 0.1) is 0 Å². The molecule has 0 amide bonds. The van der Waals surface area contributed by atoms with E-state index in [-0.39, 0.29) is 0 Å². The molecule has 0 aliphatic carbocycles. The van der Waals surface area contributed by atoms with Gasteiger partial charge in [0.2, 0.25) is 0 Å². The Kier molecular flexibility index (Phi) is 5.75. The van der Waals surface area contributed by atoms with Gasteiger partial charge in [0.05, 0.1) is 16.7 Å². The molecule has 0 unspecified atom stereocenters. The van der Waals surface area contributed by atoms with Gasteiger partial charge in [-0.1, -0.05) is 97.1 Å². The Morgan fingerprint density at radius 2 is 1.02 bits per heavy atom. The predicted molar refractivity (Wildman–Crippen MR) is 172 cm³/mol. The van der Waals surface area contributed by atoms with Crippen LogP contribution >= 0.6 is 0 Å². The van der Waals surface area contributed by atoms with Crippen molar-refractivity contribution in [2.75, 3.05) is 0 Å². The molecular weight excluding hydrogens is 512 g/mol. The largest absolute Gasteiger partial charge is 0.254 e. The first-order chi connectivity index (χ1) is 20.8. The van der Waals surface area contributed by atoms with E-state index < -0.39 is 0 Å². The molecular formula is C38H24N4. The molecule has 0 N–H and O–H groups in total. The van der Waals surface area contributed by atoms with Crippen LogP contribution in [0.25, 0.3) is 77.5 Å². The van der Waals surface area contributed by atoms with Gasteiger partial charge in [0.1, 0.15) is 0 Å². The smallest absolute Gasteiger partial charge is 0.159 e. The first-order valence-electron chi connectivity index (χ1n) is 14.0. The number of hydrogen-bond donors (Lipinski definition) is 0. The molecule has 0 spiro atoms. The number of nitrogens with zero attached hydrogens (tertiary/aromatic N) is 4. The fourth-order valence-corrected chi connectivity index (χ4v) is 5.67. The molecule has 0 aliphatic heterocycles. The van der Waals surface area contributed by atoms with Gasteiger partial charge >= 0.3 is 0 Å². The van der Waals surface area contributed by atoms with Gasteiger partial charge in [-0.25, -0.2) is 15.0 Å². The van der Waals surface area contributed by atoms with E-state index in [1.807, 2.05) is 18.3 Å². The van der Waals surface area contributed by atoms with Crippen molar-refractivity contribution >= 4 is 32.6 Å². The van der Waals surface area contributed by atoms with E-state index in [4.69, 9.17) is 9.97 Å². The molecule has 4 nitrogen and oxygen atoms in total. The van der Waals surface area contributed by atoms with Crippen LogP contribution < -0.4 is 0 Å². The summed E-state index contributed by atoms with van der Waals surface area (Å²) in [4.78, 5) is 18.6. The Morgan fingerprint density at radius 1 is 0.381 bits per heavy atom. The zero-order valence-corrected chi connectivity index (χ0v) is 22.6. The summed E-state index contributed by atoms with van der Waals surface area (Å²) >= 11 is 0. The molecule has 5 aromatic carbocycles. The lowest BCUT2D eigenvalue weighted by Crippen LogP contribution is -1.91. The van der Waals surface area contributed by atoms with Gasteiger partial charge in [0, 0.05) is 40.5 Å². The van der Waals surface area contributed by atoms with Crippen LogP contribution in [-0.4, -0.2) is 19.9 Å². The summed E-state index contributed by atoms with van der Waals surface area (Å²) in [7, 11) is 0. The van der Waals surface area contributed by atoms with Crippen molar-refractivity contribution in [2.45, 2.75) is 0 Å². The van der Waals surface area contributed by atoms with Gasteiger partial charge in [-0.15, -0.1) is 0 Å². The third-order valence-corrected chi connectivity index (χ3v) is 7.83. The molecule has 8 rings (SSSR count). The minimum atomic E-state index is 0.730. The molecule has 0 bridgehead atoms.